The van der Waals surface area contributed by atoms with Crippen LogP contribution in [0, 0.1) is 11.8 Å². The quantitative estimate of drug-likeness (QED) is 0.596. The lowest BCUT2D eigenvalue weighted by Crippen LogP contribution is -2.45. The number of imide groups is 1. The summed E-state index contributed by atoms with van der Waals surface area (Å²) in [5.74, 6) is -2.40. The van der Waals surface area contributed by atoms with Crippen molar-refractivity contribution in [2.24, 2.45) is 11.8 Å². The van der Waals surface area contributed by atoms with Gasteiger partial charge in [0, 0.05) is 0 Å². The van der Waals surface area contributed by atoms with Gasteiger partial charge in [0.15, 0.2) is 6.61 Å². The van der Waals surface area contributed by atoms with Gasteiger partial charge < -0.3 is 10.1 Å². The second-order valence-corrected chi connectivity index (χ2v) is 7.53. The van der Waals surface area contributed by atoms with Crippen molar-refractivity contribution in [3.63, 3.8) is 0 Å². The van der Waals surface area contributed by atoms with E-state index in [0.29, 0.717) is 12.8 Å². The van der Waals surface area contributed by atoms with Crippen LogP contribution in [0.2, 0.25) is 0 Å². The summed E-state index contributed by atoms with van der Waals surface area (Å²) in [5.41, 5.74) is 0.936. The summed E-state index contributed by atoms with van der Waals surface area (Å²) in [6.45, 7) is 2.85. The highest BCUT2D eigenvalue weighted by atomic mass is 16.5. The zero-order chi connectivity index (χ0) is 20.3. The van der Waals surface area contributed by atoms with Gasteiger partial charge >= 0.3 is 5.97 Å². The van der Waals surface area contributed by atoms with Gasteiger partial charge in [-0.2, -0.15) is 0 Å². The number of benzene rings is 1. The Kier molecular flexibility index (Phi) is 6.11. The molecule has 1 saturated heterocycles. The molecule has 0 radical (unpaired) electrons. The predicted molar refractivity (Wildman–Crippen MR) is 101 cm³/mol. The Bertz CT molecular complexity index is 739. The number of rotatable bonds is 6. The normalized spacial score (nSPS) is 23.7. The standard InChI is InChI=1S/C21H26N2O5/c1-13(15-8-4-3-5-9-15)22-18(24)12-28-21(27)14(2)23-19(25)16-10-6-7-11-17(16)20(23)26/h3-5,8-9,13-14,16-17H,6-7,10-12H2,1-2H3,(H,22,24)/t13-,14+,16+,17+/m1/s1. The number of likely N-dealkylation sites (tertiary alicyclic amines) is 1. The highest BCUT2D eigenvalue weighted by molar-refractivity contribution is 6.07. The molecule has 4 atom stereocenters. The van der Waals surface area contributed by atoms with Crippen molar-refractivity contribution in [1.82, 2.24) is 10.2 Å². The number of hydrogen-bond acceptors (Lipinski definition) is 5. The average Bonchev–Trinajstić information content (AvgIpc) is 2.97. The Hall–Kier alpha value is -2.70. The van der Waals surface area contributed by atoms with Crippen LogP contribution in [0.1, 0.15) is 51.1 Å². The largest absolute Gasteiger partial charge is 0.454 e. The summed E-state index contributed by atoms with van der Waals surface area (Å²) in [5, 5.41) is 2.75. The Morgan fingerprint density at radius 1 is 1.07 bits per heavy atom. The molecule has 1 saturated carbocycles. The molecule has 7 heteroatoms. The van der Waals surface area contributed by atoms with E-state index in [4.69, 9.17) is 4.74 Å². The number of carbonyl (C=O) groups excluding carboxylic acids is 4. The van der Waals surface area contributed by atoms with Crippen molar-refractivity contribution >= 4 is 23.7 Å². The number of nitrogens with zero attached hydrogens (tertiary/aromatic N) is 1. The number of ether oxygens (including phenoxy) is 1. The number of fused-ring (bicyclic) bond motifs is 1. The second-order valence-electron chi connectivity index (χ2n) is 7.53. The molecular formula is C21H26N2O5. The minimum Gasteiger partial charge on any atom is -0.454 e. The molecule has 0 bridgehead atoms. The third kappa shape index (κ3) is 4.08. The maximum atomic E-state index is 12.6. The lowest BCUT2D eigenvalue weighted by Gasteiger charge is -2.21. The Morgan fingerprint density at radius 2 is 1.64 bits per heavy atom. The molecule has 7 nitrogen and oxygen atoms in total. The van der Waals surface area contributed by atoms with Crippen molar-refractivity contribution in [1.29, 1.82) is 0 Å². The summed E-state index contributed by atoms with van der Waals surface area (Å²) < 4.78 is 5.07. The van der Waals surface area contributed by atoms with Gasteiger partial charge in [-0.15, -0.1) is 0 Å². The van der Waals surface area contributed by atoms with E-state index in [1.807, 2.05) is 37.3 Å². The highest BCUT2D eigenvalue weighted by Gasteiger charge is 2.51. The maximum absolute atomic E-state index is 12.6. The summed E-state index contributed by atoms with van der Waals surface area (Å²) in [7, 11) is 0. The Morgan fingerprint density at radius 3 is 2.21 bits per heavy atom. The molecule has 1 aliphatic carbocycles. The molecule has 150 valence electrons. The smallest absolute Gasteiger partial charge is 0.329 e. The number of esters is 1. The van der Waals surface area contributed by atoms with Crippen LogP contribution in [0.4, 0.5) is 0 Å². The van der Waals surface area contributed by atoms with Gasteiger partial charge in [-0.25, -0.2) is 4.79 Å². The fourth-order valence-electron chi connectivity index (χ4n) is 4.04. The van der Waals surface area contributed by atoms with E-state index in [1.165, 1.54) is 6.92 Å². The van der Waals surface area contributed by atoms with Crippen LogP contribution in [0.3, 0.4) is 0 Å². The fourth-order valence-corrected chi connectivity index (χ4v) is 4.04. The molecule has 2 fully saturated rings. The molecule has 1 heterocycles. The number of hydrogen-bond donors (Lipinski definition) is 1. The van der Waals surface area contributed by atoms with Gasteiger partial charge in [-0.05, 0) is 32.3 Å². The van der Waals surface area contributed by atoms with E-state index < -0.39 is 24.5 Å². The number of amides is 3. The first-order valence-electron chi connectivity index (χ1n) is 9.78. The molecule has 28 heavy (non-hydrogen) atoms. The summed E-state index contributed by atoms with van der Waals surface area (Å²) in [6.07, 6.45) is 3.22. The molecule has 3 rings (SSSR count). The lowest BCUT2D eigenvalue weighted by molar-refractivity contribution is -0.159. The van der Waals surface area contributed by atoms with Crippen LogP contribution in [0.15, 0.2) is 30.3 Å². The fraction of sp³-hybridized carbons (Fsp3) is 0.524. The zero-order valence-corrected chi connectivity index (χ0v) is 16.2. The molecular weight excluding hydrogens is 360 g/mol. The van der Waals surface area contributed by atoms with E-state index in [9.17, 15) is 19.2 Å². The first-order chi connectivity index (χ1) is 13.4. The summed E-state index contributed by atoms with van der Waals surface area (Å²) in [4.78, 5) is 50.6. The van der Waals surface area contributed by atoms with Crippen molar-refractivity contribution in [3.05, 3.63) is 35.9 Å². The van der Waals surface area contributed by atoms with Gasteiger partial charge in [0.25, 0.3) is 5.91 Å². The Labute approximate surface area is 164 Å². The first kappa shape index (κ1) is 20.0. The molecule has 1 aliphatic heterocycles. The van der Waals surface area contributed by atoms with Crippen LogP contribution >= 0.6 is 0 Å². The Balaban J connectivity index is 1.52. The monoisotopic (exact) mass is 386 g/mol. The number of nitrogens with one attached hydrogen (secondary N) is 1. The van der Waals surface area contributed by atoms with Crippen molar-refractivity contribution in [3.8, 4) is 0 Å². The van der Waals surface area contributed by atoms with Gasteiger partial charge in [0.2, 0.25) is 11.8 Å². The van der Waals surface area contributed by atoms with Crippen molar-refractivity contribution in [2.45, 2.75) is 51.6 Å². The van der Waals surface area contributed by atoms with E-state index >= 15 is 0 Å². The number of carbonyl (C=O) groups is 4. The van der Waals surface area contributed by atoms with Crippen LogP contribution in [-0.2, 0) is 23.9 Å². The summed E-state index contributed by atoms with van der Waals surface area (Å²) in [6, 6.07) is 8.17. The van der Waals surface area contributed by atoms with Crippen LogP contribution in [0.5, 0.6) is 0 Å². The molecule has 2 aliphatic rings. The maximum Gasteiger partial charge on any atom is 0.329 e. The highest BCUT2D eigenvalue weighted by Crippen LogP contribution is 2.38. The van der Waals surface area contributed by atoms with Gasteiger partial charge in [0.05, 0.1) is 17.9 Å². The minimum atomic E-state index is -1.02. The third-order valence-electron chi connectivity index (χ3n) is 5.63. The van der Waals surface area contributed by atoms with Crippen molar-refractivity contribution in [2.75, 3.05) is 6.61 Å². The molecule has 1 N–H and O–H groups in total. The molecule has 3 amide bonds. The second kappa shape index (κ2) is 8.54. The molecule has 0 aromatic heterocycles. The van der Waals surface area contributed by atoms with E-state index in [2.05, 4.69) is 5.32 Å². The van der Waals surface area contributed by atoms with Crippen LogP contribution in [-0.4, -0.2) is 41.2 Å². The van der Waals surface area contributed by atoms with E-state index in [-0.39, 0.29) is 29.7 Å². The SMILES string of the molecule is C[C@@H](NC(=O)COC(=O)[C@H](C)N1C(=O)[C@H]2CCCC[C@@H]2C1=O)c1ccccc1. The van der Waals surface area contributed by atoms with Crippen LogP contribution < -0.4 is 5.32 Å². The van der Waals surface area contributed by atoms with Crippen molar-refractivity contribution < 1.29 is 23.9 Å². The zero-order valence-electron chi connectivity index (χ0n) is 16.2. The minimum absolute atomic E-state index is 0.227. The lowest BCUT2D eigenvalue weighted by atomic mass is 9.81. The molecule has 1 aromatic rings. The molecule has 1 aromatic carbocycles. The predicted octanol–water partition coefficient (Wildman–Crippen LogP) is 1.97. The molecule has 0 unspecified atom stereocenters. The van der Waals surface area contributed by atoms with Gasteiger partial charge in [-0.1, -0.05) is 43.2 Å². The van der Waals surface area contributed by atoms with E-state index in [1.54, 1.807) is 0 Å². The van der Waals surface area contributed by atoms with Gasteiger partial charge in [0.1, 0.15) is 6.04 Å². The van der Waals surface area contributed by atoms with Crippen LogP contribution in [0.25, 0.3) is 0 Å². The van der Waals surface area contributed by atoms with Gasteiger partial charge in [-0.3, -0.25) is 19.3 Å². The summed E-state index contributed by atoms with van der Waals surface area (Å²) >= 11 is 0. The topological polar surface area (TPSA) is 92.8 Å². The first-order valence-corrected chi connectivity index (χ1v) is 9.78. The van der Waals surface area contributed by atoms with E-state index in [0.717, 1.165) is 23.3 Å². The molecule has 0 spiro atoms. The average molecular weight is 386 g/mol. The third-order valence-corrected chi connectivity index (χ3v) is 5.63.